The van der Waals surface area contributed by atoms with Gasteiger partial charge in [0.25, 0.3) is 0 Å². The summed E-state index contributed by atoms with van der Waals surface area (Å²) in [5.74, 6) is 1.38. The number of carbonyl (C=O) groups is 2. The SMILES string of the molecule is CCOC(=O)N1CCC(n2ncc3c(N4CCOCC4)nc(-c4ccc(NC(=O)NCCO)cc4)nc32)CC1. The number of amides is 3. The molecule has 3 aromatic rings. The van der Waals surface area contributed by atoms with Gasteiger partial charge in [-0.1, -0.05) is 0 Å². The van der Waals surface area contributed by atoms with Crippen LogP contribution >= 0.6 is 0 Å². The number of benzene rings is 1. The number of nitrogens with one attached hydrogen (secondary N) is 2. The van der Waals surface area contributed by atoms with Gasteiger partial charge in [-0.2, -0.15) is 5.10 Å². The van der Waals surface area contributed by atoms with Gasteiger partial charge in [0.15, 0.2) is 11.5 Å². The van der Waals surface area contributed by atoms with Crippen molar-refractivity contribution in [2.45, 2.75) is 25.8 Å². The molecule has 1 aromatic carbocycles. The lowest BCUT2D eigenvalue weighted by atomic mass is 10.1. The van der Waals surface area contributed by atoms with Gasteiger partial charge in [0, 0.05) is 44.0 Å². The number of aliphatic hydroxyl groups is 1. The second-order valence-electron chi connectivity index (χ2n) is 9.40. The van der Waals surface area contributed by atoms with Crippen LogP contribution in [0.3, 0.4) is 0 Å². The number of piperidine rings is 1. The van der Waals surface area contributed by atoms with Gasteiger partial charge in [-0.05, 0) is 44.0 Å². The van der Waals surface area contributed by atoms with E-state index >= 15 is 0 Å². The van der Waals surface area contributed by atoms with Crippen molar-refractivity contribution in [1.82, 2.24) is 30.0 Å². The van der Waals surface area contributed by atoms with E-state index in [9.17, 15) is 9.59 Å². The van der Waals surface area contributed by atoms with Crippen LogP contribution in [0.4, 0.5) is 21.1 Å². The normalized spacial score (nSPS) is 16.4. The van der Waals surface area contributed by atoms with Crippen LogP contribution in [0, 0.1) is 0 Å². The molecule has 5 rings (SSSR count). The molecule has 2 aromatic heterocycles. The number of rotatable bonds is 7. The van der Waals surface area contributed by atoms with Crippen LogP contribution in [0.1, 0.15) is 25.8 Å². The highest BCUT2D eigenvalue weighted by Crippen LogP contribution is 2.32. The Morgan fingerprint density at radius 2 is 1.85 bits per heavy atom. The first-order valence-corrected chi connectivity index (χ1v) is 13.3. The van der Waals surface area contributed by atoms with Crippen LogP contribution < -0.4 is 15.5 Å². The maximum Gasteiger partial charge on any atom is 0.409 e. The van der Waals surface area contributed by atoms with E-state index in [4.69, 9.17) is 29.6 Å². The van der Waals surface area contributed by atoms with Gasteiger partial charge < -0.3 is 35.0 Å². The first-order valence-electron chi connectivity index (χ1n) is 13.3. The van der Waals surface area contributed by atoms with Crippen LogP contribution in [0.25, 0.3) is 22.4 Å². The average Bonchev–Trinajstić information content (AvgIpc) is 3.41. The van der Waals surface area contributed by atoms with E-state index in [0.717, 1.165) is 48.3 Å². The van der Waals surface area contributed by atoms with Crippen molar-refractivity contribution < 1.29 is 24.2 Å². The van der Waals surface area contributed by atoms with E-state index in [2.05, 4.69) is 15.5 Å². The molecule has 2 fully saturated rings. The van der Waals surface area contributed by atoms with E-state index in [0.29, 0.717) is 44.4 Å². The van der Waals surface area contributed by atoms with Crippen molar-refractivity contribution in [3.05, 3.63) is 30.5 Å². The number of carbonyl (C=O) groups excluding carboxylic acids is 2. The number of hydrogen-bond acceptors (Lipinski definition) is 9. The minimum Gasteiger partial charge on any atom is -0.450 e. The number of ether oxygens (including phenoxy) is 2. The van der Waals surface area contributed by atoms with Gasteiger partial charge in [-0.25, -0.2) is 24.2 Å². The highest BCUT2D eigenvalue weighted by atomic mass is 16.6. The molecule has 3 N–H and O–H groups in total. The van der Waals surface area contributed by atoms with E-state index in [-0.39, 0.29) is 31.3 Å². The Morgan fingerprint density at radius 1 is 1.10 bits per heavy atom. The van der Waals surface area contributed by atoms with Crippen LogP contribution in [0.15, 0.2) is 30.5 Å². The van der Waals surface area contributed by atoms with E-state index in [1.807, 2.05) is 29.9 Å². The van der Waals surface area contributed by atoms with E-state index in [1.54, 1.807) is 17.0 Å². The Hall–Kier alpha value is -3.97. The van der Waals surface area contributed by atoms with Crippen molar-refractivity contribution in [2.75, 3.05) is 69.4 Å². The number of morpholine rings is 1. The summed E-state index contributed by atoms with van der Waals surface area (Å²) >= 11 is 0. The summed E-state index contributed by atoms with van der Waals surface area (Å²) in [5, 5.41) is 19.8. The molecule has 0 radical (unpaired) electrons. The zero-order chi connectivity index (χ0) is 27.2. The van der Waals surface area contributed by atoms with Gasteiger partial charge >= 0.3 is 12.1 Å². The number of hydrogen-bond donors (Lipinski definition) is 3. The summed E-state index contributed by atoms with van der Waals surface area (Å²) in [6.07, 6.45) is 3.06. The number of nitrogens with zero attached hydrogens (tertiary/aromatic N) is 6. The minimum absolute atomic E-state index is 0.0949. The maximum atomic E-state index is 12.2. The second-order valence-corrected chi connectivity index (χ2v) is 9.40. The Bertz CT molecular complexity index is 1280. The van der Waals surface area contributed by atoms with Gasteiger partial charge in [0.2, 0.25) is 0 Å². The quantitative estimate of drug-likeness (QED) is 0.412. The number of likely N-dealkylation sites (tertiary alicyclic amines) is 1. The lowest BCUT2D eigenvalue weighted by Crippen LogP contribution is -2.39. The molecule has 0 bridgehead atoms. The molecular weight excluding hydrogens is 504 g/mol. The Morgan fingerprint density at radius 3 is 2.54 bits per heavy atom. The molecule has 0 unspecified atom stereocenters. The number of urea groups is 1. The molecule has 0 atom stereocenters. The monoisotopic (exact) mass is 538 g/mol. The van der Waals surface area contributed by atoms with Crippen LogP contribution in [0.5, 0.6) is 0 Å². The molecule has 13 nitrogen and oxygen atoms in total. The fourth-order valence-electron chi connectivity index (χ4n) is 4.88. The molecule has 4 heterocycles. The third-order valence-electron chi connectivity index (χ3n) is 6.88. The molecule has 0 spiro atoms. The molecule has 2 saturated heterocycles. The van der Waals surface area contributed by atoms with E-state index < -0.39 is 0 Å². The van der Waals surface area contributed by atoms with Crippen molar-refractivity contribution in [1.29, 1.82) is 0 Å². The average molecular weight is 539 g/mol. The summed E-state index contributed by atoms with van der Waals surface area (Å²) in [6.45, 7) is 6.11. The largest absolute Gasteiger partial charge is 0.450 e. The van der Waals surface area contributed by atoms with Gasteiger partial charge in [0.1, 0.15) is 5.82 Å². The number of fused-ring (bicyclic) bond motifs is 1. The zero-order valence-corrected chi connectivity index (χ0v) is 22.0. The molecule has 13 heteroatoms. The number of anilines is 2. The smallest absolute Gasteiger partial charge is 0.409 e. The zero-order valence-electron chi connectivity index (χ0n) is 22.0. The number of aliphatic hydroxyl groups excluding tert-OH is 1. The Labute approximate surface area is 226 Å². The molecule has 0 aliphatic carbocycles. The molecule has 3 amide bonds. The van der Waals surface area contributed by atoms with Crippen molar-refractivity contribution in [2.24, 2.45) is 0 Å². The Balaban J connectivity index is 1.43. The van der Waals surface area contributed by atoms with Crippen molar-refractivity contribution >= 4 is 34.7 Å². The summed E-state index contributed by atoms with van der Waals surface area (Å²) in [7, 11) is 0. The highest BCUT2D eigenvalue weighted by Gasteiger charge is 2.28. The second kappa shape index (κ2) is 12.3. The first-order chi connectivity index (χ1) is 19.1. The standard InChI is InChI=1S/C26H34N8O5/c1-2-39-26(37)33-10-7-20(8-11-33)34-24-21(17-28-34)23(32-12-15-38-16-13-32)30-22(31-24)18-3-5-19(6-4-18)29-25(36)27-9-14-35/h3-6,17,20,35H,2,7-16H2,1H3,(H2,27,29,36). The molecule has 2 aliphatic heterocycles. The maximum absolute atomic E-state index is 12.2. The molecule has 39 heavy (non-hydrogen) atoms. The van der Waals surface area contributed by atoms with Crippen LogP contribution in [-0.2, 0) is 9.47 Å². The lowest BCUT2D eigenvalue weighted by molar-refractivity contribution is 0.0919. The van der Waals surface area contributed by atoms with Crippen LogP contribution in [0.2, 0.25) is 0 Å². The number of aromatic nitrogens is 4. The molecule has 2 aliphatic rings. The van der Waals surface area contributed by atoms with Gasteiger partial charge in [0.05, 0.1) is 44.1 Å². The third-order valence-corrected chi connectivity index (χ3v) is 6.88. The summed E-state index contributed by atoms with van der Waals surface area (Å²) in [6, 6.07) is 7.02. The topological polar surface area (TPSA) is 147 Å². The van der Waals surface area contributed by atoms with Gasteiger partial charge in [-0.15, -0.1) is 0 Å². The predicted molar refractivity (Wildman–Crippen MR) is 145 cm³/mol. The highest BCUT2D eigenvalue weighted by molar-refractivity contribution is 5.90. The minimum atomic E-state index is -0.387. The predicted octanol–water partition coefficient (Wildman–Crippen LogP) is 2.24. The fraction of sp³-hybridized carbons (Fsp3) is 0.500. The molecule has 208 valence electrons. The third kappa shape index (κ3) is 6.04. The lowest BCUT2D eigenvalue weighted by Gasteiger charge is -2.31. The summed E-state index contributed by atoms with van der Waals surface area (Å²) in [5.41, 5.74) is 2.17. The fourth-order valence-corrected chi connectivity index (χ4v) is 4.88. The summed E-state index contributed by atoms with van der Waals surface area (Å²) < 4.78 is 12.7. The molecular formula is C26H34N8O5. The van der Waals surface area contributed by atoms with Crippen LogP contribution in [-0.4, -0.2) is 101 Å². The van der Waals surface area contributed by atoms with Crippen molar-refractivity contribution in [3.8, 4) is 11.4 Å². The van der Waals surface area contributed by atoms with Gasteiger partial charge in [-0.3, -0.25) is 0 Å². The molecule has 0 saturated carbocycles. The Kier molecular flexibility index (Phi) is 8.37. The van der Waals surface area contributed by atoms with Crippen molar-refractivity contribution in [3.63, 3.8) is 0 Å². The summed E-state index contributed by atoms with van der Waals surface area (Å²) in [4.78, 5) is 37.9. The van der Waals surface area contributed by atoms with E-state index in [1.165, 1.54) is 0 Å². The first kappa shape index (κ1) is 26.6.